The number of hydrogen-bond acceptors (Lipinski definition) is 5. The van der Waals surface area contributed by atoms with E-state index in [2.05, 4.69) is 10.3 Å². The number of esters is 1. The molecule has 0 fully saturated rings. The molecule has 0 saturated carbocycles. The number of amides is 1. The van der Waals surface area contributed by atoms with E-state index in [1.807, 2.05) is 6.92 Å². The zero-order valence-corrected chi connectivity index (χ0v) is 16.6. The van der Waals surface area contributed by atoms with Gasteiger partial charge in [0.25, 0.3) is 0 Å². The average Bonchev–Trinajstić information content (AvgIpc) is 2.94. The van der Waals surface area contributed by atoms with Gasteiger partial charge in [0.1, 0.15) is 5.69 Å². The fourth-order valence-corrected chi connectivity index (χ4v) is 3.07. The average molecular weight is 386 g/mol. The first kappa shape index (κ1) is 21.4. The van der Waals surface area contributed by atoms with Crippen LogP contribution < -0.4 is 5.32 Å². The fourth-order valence-electron chi connectivity index (χ4n) is 3.07. The first-order chi connectivity index (χ1) is 13.2. The summed E-state index contributed by atoms with van der Waals surface area (Å²) in [5, 5.41) is 12.5. The summed E-state index contributed by atoms with van der Waals surface area (Å²) in [6, 6.07) is 6.42. The number of aliphatic hydroxyl groups is 1. The molecule has 7 nitrogen and oxygen atoms in total. The van der Waals surface area contributed by atoms with Crippen LogP contribution in [-0.2, 0) is 9.53 Å². The van der Waals surface area contributed by atoms with Gasteiger partial charge in [-0.25, -0.2) is 4.79 Å². The molecule has 3 N–H and O–H groups in total. The van der Waals surface area contributed by atoms with Crippen LogP contribution in [0.5, 0.6) is 0 Å². The van der Waals surface area contributed by atoms with Gasteiger partial charge in [-0.15, -0.1) is 0 Å². The van der Waals surface area contributed by atoms with Gasteiger partial charge >= 0.3 is 5.97 Å². The number of Topliss-reactive ketones (excluding diaryl/α,β-unsaturated/α-hetero) is 1. The molecule has 0 bridgehead atoms. The number of ketones is 1. The van der Waals surface area contributed by atoms with Crippen molar-refractivity contribution in [3.05, 3.63) is 52.3 Å². The molecule has 2 rings (SSSR count). The third-order valence-corrected chi connectivity index (χ3v) is 4.42. The van der Waals surface area contributed by atoms with E-state index in [0.29, 0.717) is 34.5 Å². The summed E-state index contributed by atoms with van der Waals surface area (Å²) in [7, 11) is 0. The van der Waals surface area contributed by atoms with Crippen LogP contribution >= 0.6 is 0 Å². The van der Waals surface area contributed by atoms with E-state index in [0.717, 1.165) is 6.42 Å². The highest BCUT2D eigenvalue weighted by Gasteiger charge is 2.21. The van der Waals surface area contributed by atoms with Crippen molar-refractivity contribution in [1.29, 1.82) is 0 Å². The number of rotatable bonds is 8. The van der Waals surface area contributed by atoms with Gasteiger partial charge in [-0.3, -0.25) is 9.59 Å². The summed E-state index contributed by atoms with van der Waals surface area (Å²) in [5.41, 5.74) is 3.17. The zero-order chi connectivity index (χ0) is 20.8. The van der Waals surface area contributed by atoms with Gasteiger partial charge in [-0.05, 0) is 57.0 Å². The lowest BCUT2D eigenvalue weighted by molar-refractivity contribution is -0.116. The zero-order valence-electron chi connectivity index (χ0n) is 16.6. The number of ether oxygens (including phenoxy) is 1. The molecular weight excluding hydrogens is 360 g/mol. The topological polar surface area (TPSA) is 108 Å². The maximum atomic E-state index is 12.3. The quantitative estimate of drug-likeness (QED) is 0.475. The number of nitrogens with one attached hydrogen (secondary N) is 2. The highest BCUT2D eigenvalue weighted by Crippen LogP contribution is 2.24. The number of aromatic nitrogens is 1. The molecule has 1 atom stereocenters. The number of H-pyrrole nitrogens is 1. The molecule has 0 radical (unpaired) electrons. The maximum absolute atomic E-state index is 12.3. The number of aliphatic hydroxyl groups excluding tert-OH is 1. The van der Waals surface area contributed by atoms with Crippen molar-refractivity contribution in [3.8, 4) is 0 Å². The van der Waals surface area contributed by atoms with Crippen LogP contribution in [-0.4, -0.2) is 34.4 Å². The predicted molar refractivity (Wildman–Crippen MR) is 105 cm³/mol. The van der Waals surface area contributed by atoms with Crippen molar-refractivity contribution >= 4 is 23.3 Å². The number of carbonyl (C=O) groups excluding carboxylic acids is 3. The summed E-state index contributed by atoms with van der Waals surface area (Å²) >= 11 is 0. The fraction of sp³-hybridized carbons (Fsp3) is 0.381. The molecule has 1 amide bonds. The highest BCUT2D eigenvalue weighted by atomic mass is 16.5. The summed E-state index contributed by atoms with van der Waals surface area (Å²) < 4.78 is 5.13. The third kappa shape index (κ3) is 5.07. The summed E-state index contributed by atoms with van der Waals surface area (Å²) in [4.78, 5) is 39.1. The van der Waals surface area contributed by atoms with Gasteiger partial charge in [0.15, 0.2) is 12.4 Å². The molecule has 1 aromatic carbocycles. The second kappa shape index (κ2) is 9.32. The minimum Gasteiger partial charge on any atom is -0.453 e. The van der Waals surface area contributed by atoms with Gasteiger partial charge in [0.05, 0.1) is 6.10 Å². The van der Waals surface area contributed by atoms with Crippen LogP contribution in [0.25, 0.3) is 0 Å². The Hall–Kier alpha value is -2.93. The number of hydrogen-bond donors (Lipinski definition) is 3. The van der Waals surface area contributed by atoms with Gasteiger partial charge in [0.2, 0.25) is 5.91 Å². The van der Waals surface area contributed by atoms with Crippen molar-refractivity contribution in [3.63, 3.8) is 0 Å². The minimum absolute atomic E-state index is 0.0799. The molecule has 1 heterocycles. The lowest BCUT2D eigenvalue weighted by atomic mass is 10.1. The molecule has 7 heteroatoms. The number of benzene rings is 1. The summed E-state index contributed by atoms with van der Waals surface area (Å²) in [5.74, 6) is -1.08. The third-order valence-electron chi connectivity index (χ3n) is 4.42. The van der Waals surface area contributed by atoms with E-state index < -0.39 is 18.7 Å². The van der Waals surface area contributed by atoms with Crippen molar-refractivity contribution in [2.24, 2.45) is 0 Å². The predicted octanol–water partition coefficient (Wildman–Crippen LogP) is 3.46. The number of anilines is 1. The van der Waals surface area contributed by atoms with Crippen molar-refractivity contribution in [2.75, 3.05) is 11.9 Å². The van der Waals surface area contributed by atoms with Gasteiger partial charge in [-0.1, -0.05) is 6.92 Å². The Morgan fingerprint density at radius 2 is 1.82 bits per heavy atom. The number of carbonyl (C=O) groups is 3. The van der Waals surface area contributed by atoms with Crippen LogP contribution in [0.3, 0.4) is 0 Å². The molecule has 0 aliphatic carbocycles. The second-order valence-electron chi connectivity index (χ2n) is 6.71. The van der Waals surface area contributed by atoms with Crippen LogP contribution in [0.2, 0.25) is 0 Å². The Bertz CT molecular complexity index is 866. The first-order valence-corrected chi connectivity index (χ1v) is 9.21. The molecule has 0 unspecified atom stereocenters. The molecule has 0 spiro atoms. The Morgan fingerprint density at radius 3 is 2.36 bits per heavy atom. The Balaban J connectivity index is 1.97. The normalized spacial score (nSPS) is 11.8. The van der Waals surface area contributed by atoms with E-state index in [1.54, 1.807) is 45.0 Å². The smallest absolute Gasteiger partial charge is 0.355 e. The molecule has 0 aliphatic rings. The van der Waals surface area contributed by atoms with Gasteiger partial charge < -0.3 is 20.1 Å². The van der Waals surface area contributed by atoms with Crippen molar-refractivity contribution in [1.82, 2.24) is 4.98 Å². The van der Waals surface area contributed by atoms with E-state index in [1.165, 1.54) is 0 Å². The SMILES string of the molecule is CCCC(=O)Nc1ccc(C(=O)COC(=O)c2[nH]c(C)c([C@@H](C)O)c2C)cc1. The monoisotopic (exact) mass is 386 g/mol. The second-order valence-corrected chi connectivity index (χ2v) is 6.71. The van der Waals surface area contributed by atoms with E-state index >= 15 is 0 Å². The number of aromatic amines is 1. The van der Waals surface area contributed by atoms with E-state index in [-0.39, 0.29) is 17.4 Å². The Labute approximate surface area is 164 Å². The molecule has 28 heavy (non-hydrogen) atoms. The van der Waals surface area contributed by atoms with Crippen molar-refractivity contribution in [2.45, 2.75) is 46.6 Å². The Morgan fingerprint density at radius 1 is 1.18 bits per heavy atom. The molecule has 1 aromatic heterocycles. The van der Waals surface area contributed by atoms with E-state index in [4.69, 9.17) is 4.74 Å². The number of aryl methyl sites for hydroxylation is 1. The standard InChI is InChI=1S/C21H26N2O5/c1-5-6-18(26)23-16-9-7-15(8-10-16)17(25)11-28-21(27)20-12(2)19(14(4)24)13(3)22-20/h7-10,14,22,24H,5-6,11H2,1-4H3,(H,23,26)/t14-/m1/s1. The van der Waals surface area contributed by atoms with E-state index in [9.17, 15) is 19.5 Å². The maximum Gasteiger partial charge on any atom is 0.355 e. The van der Waals surface area contributed by atoms with Gasteiger partial charge in [0, 0.05) is 28.9 Å². The summed E-state index contributed by atoms with van der Waals surface area (Å²) in [6.45, 7) is 6.62. The van der Waals surface area contributed by atoms with Crippen LogP contribution in [0.1, 0.15) is 70.5 Å². The molecule has 0 aliphatic heterocycles. The molecule has 2 aromatic rings. The molecular formula is C21H26N2O5. The highest BCUT2D eigenvalue weighted by molar-refractivity contribution is 6.00. The van der Waals surface area contributed by atoms with Crippen molar-refractivity contribution < 1.29 is 24.2 Å². The van der Waals surface area contributed by atoms with Crippen LogP contribution in [0.4, 0.5) is 5.69 Å². The Kier molecular flexibility index (Phi) is 7.12. The van der Waals surface area contributed by atoms with Gasteiger partial charge in [-0.2, -0.15) is 0 Å². The first-order valence-electron chi connectivity index (χ1n) is 9.21. The lowest BCUT2D eigenvalue weighted by Crippen LogP contribution is -2.15. The lowest BCUT2D eigenvalue weighted by Gasteiger charge is -2.07. The van der Waals surface area contributed by atoms with Crippen LogP contribution in [0.15, 0.2) is 24.3 Å². The molecule has 0 saturated heterocycles. The van der Waals surface area contributed by atoms with Crippen LogP contribution in [0, 0.1) is 13.8 Å². The minimum atomic E-state index is -0.712. The molecule has 150 valence electrons. The largest absolute Gasteiger partial charge is 0.453 e. The summed E-state index contributed by atoms with van der Waals surface area (Å²) in [6.07, 6.45) is 0.480.